The molecular weight excluding hydrogens is 375 g/mol. The van der Waals surface area contributed by atoms with Gasteiger partial charge in [0.2, 0.25) is 5.91 Å². The highest BCUT2D eigenvalue weighted by Gasteiger charge is 2.51. The fourth-order valence-corrected chi connectivity index (χ4v) is 5.87. The molecule has 0 aromatic heterocycles. The fraction of sp³-hybridized carbons (Fsp3) is 0.462. The van der Waals surface area contributed by atoms with Crippen molar-refractivity contribution in [3.8, 4) is 0 Å². The minimum Gasteiger partial charge on any atom is -0.326 e. The smallest absolute Gasteiger partial charge is 0.228 e. The molecule has 2 saturated carbocycles. The third-order valence-corrected chi connectivity index (χ3v) is 7.75. The van der Waals surface area contributed by atoms with E-state index in [0.29, 0.717) is 5.92 Å². The third kappa shape index (κ3) is 3.46. The van der Waals surface area contributed by atoms with Crippen LogP contribution < -0.4 is 15.9 Å². The molecule has 1 spiro atoms. The number of halogens is 1. The first-order valence-electron chi connectivity index (χ1n) is 11.2. The molecule has 1 amide bonds. The molecule has 1 unspecified atom stereocenters. The number of carbonyl (C=O) groups excluding carboxylic acids is 1. The van der Waals surface area contributed by atoms with Crippen molar-refractivity contribution in [1.29, 1.82) is 0 Å². The number of nitrogens with one attached hydrogen (secondary N) is 1. The zero-order valence-electron chi connectivity index (χ0n) is 17.6. The molecule has 0 saturated heterocycles. The SMILES string of the molecule is Cc1ccc(NC(=O)C2CCC23CCC(C2=c4cc(F)ccc4=NCC2)CC3)cc1. The minimum atomic E-state index is -0.178. The zero-order chi connectivity index (χ0) is 20.7. The number of aryl methyl sites for hydroxylation is 1. The van der Waals surface area contributed by atoms with E-state index in [1.54, 1.807) is 6.07 Å². The van der Waals surface area contributed by atoms with Gasteiger partial charge < -0.3 is 5.32 Å². The van der Waals surface area contributed by atoms with Crippen LogP contribution in [-0.2, 0) is 4.79 Å². The van der Waals surface area contributed by atoms with Crippen LogP contribution in [0.3, 0.4) is 0 Å². The molecule has 2 aromatic carbocycles. The first kappa shape index (κ1) is 19.5. The van der Waals surface area contributed by atoms with Crippen LogP contribution in [0.5, 0.6) is 0 Å². The van der Waals surface area contributed by atoms with Gasteiger partial charge in [-0.3, -0.25) is 9.79 Å². The van der Waals surface area contributed by atoms with Crippen molar-refractivity contribution in [3.63, 3.8) is 0 Å². The van der Waals surface area contributed by atoms with E-state index < -0.39 is 0 Å². The summed E-state index contributed by atoms with van der Waals surface area (Å²) in [6.07, 6.45) is 7.46. The molecule has 156 valence electrons. The van der Waals surface area contributed by atoms with Crippen LogP contribution in [0.15, 0.2) is 47.5 Å². The number of hydrogen-bond acceptors (Lipinski definition) is 2. The Morgan fingerprint density at radius 3 is 2.50 bits per heavy atom. The highest BCUT2D eigenvalue weighted by Crippen LogP contribution is 2.58. The van der Waals surface area contributed by atoms with E-state index in [9.17, 15) is 9.18 Å². The molecule has 0 radical (unpaired) electrons. The maximum absolute atomic E-state index is 13.9. The minimum absolute atomic E-state index is 0.121. The lowest BCUT2D eigenvalue weighted by Crippen LogP contribution is -2.49. The molecule has 1 heterocycles. The molecule has 1 N–H and O–H groups in total. The van der Waals surface area contributed by atoms with Crippen LogP contribution in [0.4, 0.5) is 10.1 Å². The summed E-state index contributed by atoms with van der Waals surface area (Å²) in [5, 5.41) is 5.10. The fourth-order valence-electron chi connectivity index (χ4n) is 5.87. The lowest BCUT2D eigenvalue weighted by atomic mass is 9.52. The van der Waals surface area contributed by atoms with Crippen molar-refractivity contribution in [2.75, 3.05) is 11.9 Å². The van der Waals surface area contributed by atoms with Gasteiger partial charge >= 0.3 is 0 Å². The van der Waals surface area contributed by atoms with Crippen LogP contribution in [-0.4, -0.2) is 12.5 Å². The van der Waals surface area contributed by atoms with E-state index in [4.69, 9.17) is 0 Å². The molecule has 5 rings (SSSR count). The van der Waals surface area contributed by atoms with Crippen molar-refractivity contribution >= 4 is 17.2 Å². The molecular formula is C26H29FN2O. The number of benzene rings is 2. The number of amides is 1. The predicted octanol–water partition coefficient (Wildman–Crippen LogP) is 4.53. The van der Waals surface area contributed by atoms with Gasteiger partial charge in [-0.05, 0) is 93.5 Å². The molecule has 3 aliphatic rings. The summed E-state index contributed by atoms with van der Waals surface area (Å²) < 4.78 is 13.9. The van der Waals surface area contributed by atoms with Crippen LogP contribution in [0, 0.1) is 30.0 Å². The monoisotopic (exact) mass is 404 g/mol. The summed E-state index contributed by atoms with van der Waals surface area (Å²) >= 11 is 0. The quantitative estimate of drug-likeness (QED) is 0.802. The Hall–Kier alpha value is -2.49. The molecule has 1 aliphatic heterocycles. The van der Waals surface area contributed by atoms with Crippen LogP contribution in [0.2, 0.25) is 0 Å². The second-order valence-electron chi connectivity index (χ2n) is 9.40. The molecule has 4 heteroatoms. The van der Waals surface area contributed by atoms with Crippen molar-refractivity contribution in [3.05, 3.63) is 64.4 Å². The first-order valence-corrected chi connectivity index (χ1v) is 11.2. The molecule has 2 aliphatic carbocycles. The van der Waals surface area contributed by atoms with Gasteiger partial charge in [-0.25, -0.2) is 4.39 Å². The number of rotatable bonds is 3. The van der Waals surface area contributed by atoms with Crippen molar-refractivity contribution in [2.24, 2.45) is 22.2 Å². The zero-order valence-corrected chi connectivity index (χ0v) is 17.6. The Balaban J connectivity index is 1.30. The normalized spacial score (nSPS) is 27.7. The highest BCUT2D eigenvalue weighted by atomic mass is 19.1. The van der Waals surface area contributed by atoms with Crippen LogP contribution in [0.1, 0.15) is 50.5 Å². The van der Waals surface area contributed by atoms with Gasteiger partial charge in [0.1, 0.15) is 5.82 Å². The Kier molecular flexibility index (Phi) is 4.96. The molecule has 2 aromatic rings. The number of anilines is 1. The lowest BCUT2D eigenvalue weighted by Gasteiger charge is -2.52. The van der Waals surface area contributed by atoms with E-state index in [1.807, 2.05) is 30.3 Å². The summed E-state index contributed by atoms with van der Waals surface area (Å²) in [5.41, 5.74) is 3.63. The van der Waals surface area contributed by atoms with Gasteiger partial charge in [0, 0.05) is 23.4 Å². The molecule has 1 atom stereocenters. The van der Waals surface area contributed by atoms with Gasteiger partial charge in [0.15, 0.2) is 0 Å². The van der Waals surface area contributed by atoms with Gasteiger partial charge in [-0.15, -0.1) is 0 Å². The van der Waals surface area contributed by atoms with E-state index in [-0.39, 0.29) is 23.1 Å². The van der Waals surface area contributed by atoms with Crippen molar-refractivity contribution in [2.45, 2.75) is 51.9 Å². The molecule has 30 heavy (non-hydrogen) atoms. The summed E-state index contributed by atoms with van der Waals surface area (Å²) in [4.78, 5) is 17.5. The van der Waals surface area contributed by atoms with Gasteiger partial charge in [0.25, 0.3) is 0 Å². The van der Waals surface area contributed by atoms with E-state index in [0.717, 1.165) is 67.8 Å². The number of nitrogens with zero attached hydrogens (tertiary/aromatic N) is 1. The average Bonchev–Trinajstić information content (AvgIpc) is 2.74. The third-order valence-electron chi connectivity index (χ3n) is 7.75. The largest absolute Gasteiger partial charge is 0.326 e. The standard InChI is InChI=1S/C26H29FN2O/c1-17-2-5-20(6-3-17)29-25(30)23-10-14-26(23)12-8-18(9-13-26)21-11-15-28-24-7-4-19(27)16-22(21)24/h2-7,16,18,23H,8-15H2,1H3,(H,29,30). The summed E-state index contributed by atoms with van der Waals surface area (Å²) in [6, 6.07) is 13.0. The van der Waals surface area contributed by atoms with E-state index >= 15 is 0 Å². The van der Waals surface area contributed by atoms with E-state index in [2.05, 4.69) is 17.2 Å². The maximum Gasteiger partial charge on any atom is 0.228 e. The lowest BCUT2D eigenvalue weighted by molar-refractivity contribution is -0.133. The molecule has 3 nitrogen and oxygen atoms in total. The van der Waals surface area contributed by atoms with Crippen molar-refractivity contribution < 1.29 is 9.18 Å². The van der Waals surface area contributed by atoms with Gasteiger partial charge in [0.05, 0.1) is 5.36 Å². The second-order valence-corrected chi connectivity index (χ2v) is 9.40. The second kappa shape index (κ2) is 7.64. The van der Waals surface area contributed by atoms with E-state index in [1.165, 1.54) is 17.2 Å². The van der Waals surface area contributed by atoms with Gasteiger partial charge in [-0.2, -0.15) is 0 Å². The number of hydrogen-bond donors (Lipinski definition) is 1. The van der Waals surface area contributed by atoms with Crippen molar-refractivity contribution in [1.82, 2.24) is 0 Å². The predicted molar refractivity (Wildman–Crippen MR) is 117 cm³/mol. The Morgan fingerprint density at radius 1 is 1.07 bits per heavy atom. The average molecular weight is 405 g/mol. The van der Waals surface area contributed by atoms with Crippen LogP contribution >= 0.6 is 0 Å². The Bertz CT molecular complexity index is 1080. The van der Waals surface area contributed by atoms with Gasteiger partial charge in [-0.1, -0.05) is 23.3 Å². The highest BCUT2D eigenvalue weighted by molar-refractivity contribution is 5.93. The Labute approximate surface area is 177 Å². The molecule has 0 bridgehead atoms. The first-order chi connectivity index (χ1) is 14.5. The molecule has 2 fully saturated rings. The maximum atomic E-state index is 13.9. The summed E-state index contributed by atoms with van der Waals surface area (Å²) in [6.45, 7) is 2.85. The number of fused-ring (bicyclic) bond motifs is 1. The summed E-state index contributed by atoms with van der Waals surface area (Å²) in [7, 11) is 0. The summed E-state index contributed by atoms with van der Waals surface area (Å²) in [5.74, 6) is 0.617. The van der Waals surface area contributed by atoms with Crippen LogP contribution in [0.25, 0.3) is 5.57 Å². The number of carbonyl (C=O) groups is 1. The topological polar surface area (TPSA) is 41.5 Å². The Morgan fingerprint density at radius 2 is 1.80 bits per heavy atom.